The quantitative estimate of drug-likeness (QED) is 0.801. The summed E-state index contributed by atoms with van der Waals surface area (Å²) in [4.78, 5) is 26.2. The Hall–Kier alpha value is -1.63. The molecule has 1 amide bonds. The average molecular weight is 308 g/mol. The average Bonchev–Trinajstić information content (AvgIpc) is 3.32. The molecule has 0 atom stereocenters. The van der Waals surface area contributed by atoms with Crippen LogP contribution in [0.1, 0.15) is 49.9 Å². The molecule has 2 fully saturated rings. The third-order valence-corrected chi connectivity index (χ3v) is 4.63. The van der Waals surface area contributed by atoms with Gasteiger partial charge in [0.1, 0.15) is 5.82 Å². The smallest absolute Gasteiger partial charge is 0.345 e. The first kappa shape index (κ1) is 15.3. The highest BCUT2D eigenvalue weighted by molar-refractivity contribution is 5.76. The Bertz CT molecular complexity index is 594. The minimum absolute atomic E-state index is 0.0222. The number of ether oxygens (including phenoxy) is 1. The molecule has 1 aliphatic heterocycles. The number of piperidine rings is 1. The van der Waals surface area contributed by atoms with Gasteiger partial charge in [0.05, 0.1) is 13.0 Å². The van der Waals surface area contributed by atoms with Crippen LogP contribution in [-0.2, 0) is 16.6 Å². The second-order valence-corrected chi connectivity index (χ2v) is 6.26. The van der Waals surface area contributed by atoms with Crippen molar-refractivity contribution < 1.29 is 9.53 Å². The second kappa shape index (κ2) is 6.24. The summed E-state index contributed by atoms with van der Waals surface area (Å²) < 4.78 is 8.29. The Morgan fingerprint density at radius 2 is 1.95 bits per heavy atom. The van der Waals surface area contributed by atoms with Gasteiger partial charge in [-0.2, -0.15) is 5.10 Å². The van der Waals surface area contributed by atoms with Gasteiger partial charge in [-0.25, -0.2) is 9.48 Å². The number of rotatable bonds is 5. The highest BCUT2D eigenvalue weighted by Gasteiger charge is 2.34. The molecule has 1 aromatic rings. The van der Waals surface area contributed by atoms with Crippen LogP contribution >= 0.6 is 0 Å². The molecule has 1 aliphatic carbocycles. The molecule has 0 radical (unpaired) electrons. The summed E-state index contributed by atoms with van der Waals surface area (Å²) in [5, 5.41) is 4.41. The molecule has 2 aliphatic rings. The molecule has 1 aromatic heterocycles. The monoisotopic (exact) mass is 308 g/mol. The lowest BCUT2D eigenvalue weighted by molar-refractivity contribution is -0.133. The standard InChI is InChI=1S/C15H24N4O3/c1-17-15(21)19(14(16-17)11-3-4-11)12-5-8-18(9-6-12)13(20)7-10-22-2/h11-12H,3-10H2,1-2H3. The molecule has 3 rings (SSSR count). The van der Waals surface area contributed by atoms with E-state index in [4.69, 9.17) is 4.74 Å². The number of likely N-dealkylation sites (tertiary alicyclic amines) is 1. The van der Waals surface area contributed by atoms with Gasteiger partial charge in [-0.1, -0.05) is 0 Å². The first-order valence-electron chi connectivity index (χ1n) is 8.04. The summed E-state index contributed by atoms with van der Waals surface area (Å²) in [5.41, 5.74) is -0.0222. The number of carbonyl (C=O) groups is 1. The van der Waals surface area contributed by atoms with Gasteiger partial charge in [0, 0.05) is 39.2 Å². The van der Waals surface area contributed by atoms with E-state index in [1.54, 1.807) is 14.2 Å². The van der Waals surface area contributed by atoms with Crippen molar-refractivity contribution in [3.63, 3.8) is 0 Å². The zero-order valence-electron chi connectivity index (χ0n) is 13.3. The molecule has 0 aromatic carbocycles. The third kappa shape index (κ3) is 2.95. The van der Waals surface area contributed by atoms with Crippen molar-refractivity contribution in [3.05, 3.63) is 16.3 Å². The van der Waals surface area contributed by atoms with Gasteiger partial charge >= 0.3 is 5.69 Å². The van der Waals surface area contributed by atoms with Crippen molar-refractivity contribution in [2.75, 3.05) is 26.8 Å². The van der Waals surface area contributed by atoms with Gasteiger partial charge in [-0.05, 0) is 25.7 Å². The molecule has 0 unspecified atom stereocenters. The van der Waals surface area contributed by atoms with Crippen LogP contribution < -0.4 is 5.69 Å². The number of hydrogen-bond acceptors (Lipinski definition) is 4. The molecular formula is C15H24N4O3. The molecule has 7 heteroatoms. The number of nitrogens with zero attached hydrogens (tertiary/aromatic N) is 4. The summed E-state index contributed by atoms with van der Waals surface area (Å²) in [6, 6.07) is 0.170. The first-order valence-corrected chi connectivity index (χ1v) is 8.04. The second-order valence-electron chi connectivity index (χ2n) is 6.26. The van der Waals surface area contributed by atoms with Gasteiger partial charge in [0.2, 0.25) is 5.91 Å². The van der Waals surface area contributed by atoms with Crippen molar-refractivity contribution >= 4 is 5.91 Å². The number of aryl methyl sites for hydroxylation is 1. The van der Waals surface area contributed by atoms with Gasteiger partial charge in [0.15, 0.2) is 0 Å². The first-order chi connectivity index (χ1) is 10.6. The Morgan fingerprint density at radius 1 is 1.27 bits per heavy atom. The lowest BCUT2D eigenvalue weighted by Crippen LogP contribution is -2.41. The molecule has 122 valence electrons. The fraction of sp³-hybridized carbons (Fsp3) is 0.800. The van der Waals surface area contributed by atoms with E-state index in [-0.39, 0.29) is 17.6 Å². The number of methoxy groups -OCH3 is 1. The minimum atomic E-state index is -0.0222. The topological polar surface area (TPSA) is 69.4 Å². The van der Waals surface area contributed by atoms with Crippen LogP contribution in [0, 0.1) is 0 Å². The third-order valence-electron chi connectivity index (χ3n) is 4.63. The lowest BCUT2D eigenvalue weighted by Gasteiger charge is -2.32. The molecule has 0 bridgehead atoms. The van der Waals surface area contributed by atoms with Crippen molar-refractivity contribution in [3.8, 4) is 0 Å². The molecule has 2 heterocycles. The highest BCUT2D eigenvalue weighted by atomic mass is 16.5. The van der Waals surface area contributed by atoms with Crippen molar-refractivity contribution in [1.82, 2.24) is 19.2 Å². The van der Waals surface area contributed by atoms with E-state index in [2.05, 4.69) is 5.10 Å². The van der Waals surface area contributed by atoms with Gasteiger partial charge in [-0.15, -0.1) is 0 Å². The van der Waals surface area contributed by atoms with Gasteiger partial charge in [0.25, 0.3) is 0 Å². The Kier molecular flexibility index (Phi) is 4.33. The summed E-state index contributed by atoms with van der Waals surface area (Å²) in [5.74, 6) is 1.54. The van der Waals surface area contributed by atoms with E-state index >= 15 is 0 Å². The summed E-state index contributed by atoms with van der Waals surface area (Å²) >= 11 is 0. The maximum atomic E-state index is 12.3. The zero-order chi connectivity index (χ0) is 15.7. The predicted molar refractivity (Wildman–Crippen MR) is 80.8 cm³/mol. The molecule has 22 heavy (non-hydrogen) atoms. The van der Waals surface area contributed by atoms with E-state index in [0.29, 0.717) is 32.0 Å². The van der Waals surface area contributed by atoms with E-state index in [0.717, 1.165) is 31.5 Å². The Balaban J connectivity index is 1.67. The number of amides is 1. The summed E-state index contributed by atoms with van der Waals surface area (Å²) in [7, 11) is 3.32. The number of hydrogen-bond donors (Lipinski definition) is 0. The summed E-state index contributed by atoms with van der Waals surface area (Å²) in [6.45, 7) is 1.88. The molecule has 0 N–H and O–H groups in total. The normalized spacial score (nSPS) is 19.6. The molecule has 1 saturated heterocycles. The van der Waals surface area contributed by atoms with Crippen LogP contribution in [0.25, 0.3) is 0 Å². The van der Waals surface area contributed by atoms with E-state index in [1.165, 1.54) is 4.68 Å². The SMILES string of the molecule is COCCC(=O)N1CCC(n2c(C3CC3)nn(C)c2=O)CC1. The van der Waals surface area contributed by atoms with Crippen LogP contribution in [-0.4, -0.2) is 52.0 Å². The zero-order valence-corrected chi connectivity index (χ0v) is 13.3. The van der Waals surface area contributed by atoms with E-state index in [1.807, 2.05) is 9.47 Å². The fourth-order valence-electron chi connectivity index (χ4n) is 3.18. The van der Waals surface area contributed by atoms with Crippen LogP contribution in [0.4, 0.5) is 0 Å². The minimum Gasteiger partial charge on any atom is -0.384 e. The maximum absolute atomic E-state index is 12.3. The van der Waals surface area contributed by atoms with Crippen LogP contribution in [0.2, 0.25) is 0 Å². The highest BCUT2D eigenvalue weighted by Crippen LogP contribution is 2.40. The van der Waals surface area contributed by atoms with Crippen molar-refractivity contribution in [2.45, 2.75) is 44.1 Å². The molecule has 7 nitrogen and oxygen atoms in total. The fourth-order valence-corrected chi connectivity index (χ4v) is 3.18. The Morgan fingerprint density at radius 3 is 2.55 bits per heavy atom. The van der Waals surface area contributed by atoms with E-state index in [9.17, 15) is 9.59 Å². The van der Waals surface area contributed by atoms with Crippen molar-refractivity contribution in [2.24, 2.45) is 7.05 Å². The number of aromatic nitrogens is 3. The van der Waals surface area contributed by atoms with Crippen LogP contribution in [0.3, 0.4) is 0 Å². The predicted octanol–water partition coefficient (Wildman–Crippen LogP) is 0.659. The van der Waals surface area contributed by atoms with Gasteiger partial charge < -0.3 is 9.64 Å². The lowest BCUT2D eigenvalue weighted by atomic mass is 10.0. The van der Waals surface area contributed by atoms with Crippen molar-refractivity contribution in [1.29, 1.82) is 0 Å². The molecule has 1 saturated carbocycles. The molecule has 0 spiro atoms. The van der Waals surface area contributed by atoms with Crippen LogP contribution in [0.5, 0.6) is 0 Å². The van der Waals surface area contributed by atoms with E-state index < -0.39 is 0 Å². The van der Waals surface area contributed by atoms with Gasteiger partial charge in [-0.3, -0.25) is 9.36 Å². The summed E-state index contributed by atoms with van der Waals surface area (Å²) in [6.07, 6.45) is 4.34. The molecular weight excluding hydrogens is 284 g/mol. The maximum Gasteiger partial charge on any atom is 0.345 e. The van der Waals surface area contributed by atoms with Crippen LogP contribution in [0.15, 0.2) is 4.79 Å². The Labute approximate surface area is 129 Å². The number of carbonyl (C=O) groups excluding carboxylic acids is 1. The largest absolute Gasteiger partial charge is 0.384 e.